The summed E-state index contributed by atoms with van der Waals surface area (Å²) in [6, 6.07) is 11.1. The maximum atomic E-state index is 12.6. The summed E-state index contributed by atoms with van der Waals surface area (Å²) in [4.78, 5) is 18.8. The quantitative estimate of drug-likeness (QED) is 0.848. The molecule has 2 unspecified atom stereocenters. The molecule has 0 N–H and O–H groups in total. The fraction of sp³-hybridized carbons (Fsp3) is 0.294. The highest BCUT2D eigenvalue weighted by Crippen LogP contribution is 2.39. The predicted molar refractivity (Wildman–Crippen MR) is 84.1 cm³/mol. The Labute approximate surface area is 127 Å². The maximum absolute atomic E-state index is 12.6. The molecule has 0 saturated carbocycles. The van der Waals surface area contributed by atoms with E-state index >= 15 is 0 Å². The third-order valence-electron chi connectivity index (χ3n) is 4.43. The number of hydrogen-bond donors (Lipinski definition) is 0. The number of fused-ring (bicyclic) bond motifs is 2. The minimum atomic E-state index is 0.0899. The van der Waals surface area contributed by atoms with Gasteiger partial charge in [0, 0.05) is 11.4 Å². The van der Waals surface area contributed by atoms with Crippen molar-refractivity contribution in [3.63, 3.8) is 0 Å². The molecule has 1 amide bonds. The van der Waals surface area contributed by atoms with Crippen LogP contribution < -0.4 is 0 Å². The number of nitrogens with zero attached hydrogens (tertiary/aromatic N) is 2. The number of amides is 1. The third kappa shape index (κ3) is 2.20. The van der Waals surface area contributed by atoms with Gasteiger partial charge in [-0.2, -0.15) is 0 Å². The normalized spacial score (nSPS) is 24.0. The zero-order chi connectivity index (χ0) is 14.2. The first-order valence-corrected chi connectivity index (χ1v) is 8.24. The lowest BCUT2D eigenvalue weighted by atomic mass is 9.94. The van der Waals surface area contributed by atoms with Crippen LogP contribution in [0.4, 0.5) is 0 Å². The highest BCUT2D eigenvalue weighted by molar-refractivity contribution is 7.07. The number of hydrogen-bond acceptors (Lipinski definition) is 3. The van der Waals surface area contributed by atoms with Crippen molar-refractivity contribution in [1.29, 1.82) is 0 Å². The van der Waals surface area contributed by atoms with Crippen LogP contribution in [-0.4, -0.2) is 27.9 Å². The minimum Gasteiger partial charge on any atom is -0.328 e. The number of carbonyl (C=O) groups excluding carboxylic acids is 1. The molecule has 106 valence electrons. The summed E-state index contributed by atoms with van der Waals surface area (Å²) < 4.78 is 0. The van der Waals surface area contributed by atoms with E-state index in [0.29, 0.717) is 11.7 Å². The first-order chi connectivity index (χ1) is 10.3. The van der Waals surface area contributed by atoms with Gasteiger partial charge in [-0.3, -0.25) is 4.79 Å². The van der Waals surface area contributed by atoms with E-state index < -0.39 is 0 Å². The van der Waals surface area contributed by atoms with Crippen molar-refractivity contribution < 1.29 is 4.79 Å². The van der Waals surface area contributed by atoms with Gasteiger partial charge < -0.3 is 4.90 Å². The van der Waals surface area contributed by atoms with Crippen LogP contribution >= 0.6 is 11.3 Å². The van der Waals surface area contributed by atoms with Crippen molar-refractivity contribution >= 4 is 22.8 Å². The van der Waals surface area contributed by atoms with Gasteiger partial charge in [-0.05, 0) is 30.4 Å². The molecule has 0 radical (unpaired) electrons. The largest absolute Gasteiger partial charge is 0.328 e. The summed E-state index contributed by atoms with van der Waals surface area (Å²) in [6.45, 7) is 0. The van der Waals surface area contributed by atoms with Gasteiger partial charge in [-0.15, -0.1) is 11.3 Å². The average Bonchev–Trinajstić information content (AvgIpc) is 3.14. The Hall–Kier alpha value is -1.94. The molecule has 4 rings (SSSR count). The summed E-state index contributed by atoms with van der Waals surface area (Å²) in [5.41, 5.74) is 4.98. The first kappa shape index (κ1) is 12.8. The maximum Gasteiger partial charge on any atom is 0.274 e. The van der Waals surface area contributed by atoms with Gasteiger partial charge in [0.25, 0.3) is 5.91 Å². The summed E-state index contributed by atoms with van der Waals surface area (Å²) in [6.07, 6.45) is 5.39. The number of aromatic nitrogens is 1. The number of benzene rings is 1. The molecule has 4 heteroatoms. The molecular weight excluding hydrogens is 280 g/mol. The highest BCUT2D eigenvalue weighted by Gasteiger charge is 2.40. The second-order valence-corrected chi connectivity index (χ2v) is 6.37. The van der Waals surface area contributed by atoms with Crippen LogP contribution in [0.15, 0.2) is 47.3 Å². The second kappa shape index (κ2) is 5.11. The smallest absolute Gasteiger partial charge is 0.274 e. The molecule has 2 atom stereocenters. The van der Waals surface area contributed by atoms with Gasteiger partial charge in [-0.1, -0.05) is 36.4 Å². The first-order valence-electron chi connectivity index (χ1n) is 7.30. The molecule has 3 nitrogen and oxygen atoms in total. The second-order valence-electron chi connectivity index (χ2n) is 5.65. The van der Waals surface area contributed by atoms with Crippen LogP contribution in [0.2, 0.25) is 0 Å². The Morgan fingerprint density at radius 3 is 2.81 bits per heavy atom. The van der Waals surface area contributed by atoms with Gasteiger partial charge in [0.2, 0.25) is 0 Å². The van der Waals surface area contributed by atoms with Gasteiger partial charge in [0.1, 0.15) is 5.69 Å². The Balaban J connectivity index is 1.64. The molecular formula is C17H16N2OS. The molecule has 1 aromatic heterocycles. The number of thiazole rings is 1. The van der Waals surface area contributed by atoms with Gasteiger partial charge >= 0.3 is 0 Å². The van der Waals surface area contributed by atoms with E-state index in [-0.39, 0.29) is 11.9 Å². The van der Waals surface area contributed by atoms with Crippen LogP contribution in [-0.2, 0) is 0 Å². The van der Waals surface area contributed by atoms with E-state index in [1.165, 1.54) is 22.5 Å². The number of rotatable bonds is 2. The zero-order valence-electron chi connectivity index (χ0n) is 11.6. The summed E-state index contributed by atoms with van der Waals surface area (Å²) in [5.74, 6) is 0.0899. The van der Waals surface area contributed by atoms with E-state index in [1.807, 2.05) is 16.3 Å². The molecule has 2 bridgehead atoms. The molecule has 1 saturated heterocycles. The lowest BCUT2D eigenvalue weighted by Gasteiger charge is -2.33. The molecule has 2 aliphatic rings. The van der Waals surface area contributed by atoms with Crippen molar-refractivity contribution in [2.24, 2.45) is 0 Å². The fourth-order valence-corrected chi connectivity index (χ4v) is 3.99. The Bertz CT molecular complexity index is 678. The molecule has 1 fully saturated rings. The van der Waals surface area contributed by atoms with Crippen molar-refractivity contribution in [1.82, 2.24) is 9.88 Å². The van der Waals surface area contributed by atoms with E-state index in [9.17, 15) is 4.79 Å². The van der Waals surface area contributed by atoms with Crippen LogP contribution in [0.25, 0.3) is 5.57 Å². The molecule has 1 aromatic carbocycles. The molecule has 2 aliphatic heterocycles. The summed E-state index contributed by atoms with van der Waals surface area (Å²) in [5, 5.41) is 1.85. The molecule has 3 heterocycles. The SMILES string of the molecule is O=C(c1cscn1)N1C2C=C(c3ccccc3)CC1CC2. The Kier molecular flexibility index (Phi) is 3.11. The van der Waals surface area contributed by atoms with E-state index in [4.69, 9.17) is 0 Å². The summed E-state index contributed by atoms with van der Waals surface area (Å²) >= 11 is 1.48. The molecule has 0 aliphatic carbocycles. The number of carbonyl (C=O) groups is 1. The standard InChI is InChI=1S/C17H16N2OS/c20-17(16-10-21-11-18-16)19-14-6-7-15(19)9-13(8-14)12-4-2-1-3-5-12/h1-5,8,10-11,14-15H,6-7,9H2. The van der Waals surface area contributed by atoms with Gasteiger partial charge in [0.15, 0.2) is 0 Å². The van der Waals surface area contributed by atoms with Crippen LogP contribution in [0.1, 0.15) is 35.3 Å². The van der Waals surface area contributed by atoms with Gasteiger partial charge in [-0.25, -0.2) is 4.98 Å². The lowest BCUT2D eigenvalue weighted by molar-refractivity contribution is 0.0687. The van der Waals surface area contributed by atoms with Crippen LogP contribution in [0.5, 0.6) is 0 Å². The van der Waals surface area contributed by atoms with Crippen LogP contribution in [0.3, 0.4) is 0 Å². The molecule has 2 aromatic rings. The third-order valence-corrected chi connectivity index (χ3v) is 5.01. The summed E-state index contributed by atoms with van der Waals surface area (Å²) in [7, 11) is 0. The highest BCUT2D eigenvalue weighted by atomic mass is 32.1. The monoisotopic (exact) mass is 296 g/mol. The minimum absolute atomic E-state index is 0.0899. The van der Waals surface area contributed by atoms with Gasteiger partial charge in [0.05, 0.1) is 11.6 Å². The van der Waals surface area contributed by atoms with Crippen molar-refractivity contribution in [2.75, 3.05) is 0 Å². The predicted octanol–water partition coefficient (Wildman–Crippen LogP) is 3.60. The Morgan fingerprint density at radius 1 is 1.24 bits per heavy atom. The van der Waals surface area contributed by atoms with E-state index in [1.54, 1.807) is 5.51 Å². The van der Waals surface area contributed by atoms with E-state index in [0.717, 1.165) is 19.3 Å². The fourth-order valence-electron chi connectivity index (χ4n) is 3.46. The average molecular weight is 296 g/mol. The molecule has 21 heavy (non-hydrogen) atoms. The lowest BCUT2D eigenvalue weighted by Crippen LogP contribution is -2.43. The van der Waals surface area contributed by atoms with Crippen molar-refractivity contribution in [3.05, 3.63) is 58.6 Å². The van der Waals surface area contributed by atoms with Crippen LogP contribution in [0, 0.1) is 0 Å². The van der Waals surface area contributed by atoms with Crippen molar-refractivity contribution in [3.8, 4) is 0 Å². The van der Waals surface area contributed by atoms with E-state index in [2.05, 4.69) is 35.3 Å². The van der Waals surface area contributed by atoms with Crippen molar-refractivity contribution in [2.45, 2.75) is 31.3 Å². The Morgan fingerprint density at radius 2 is 2.10 bits per heavy atom. The molecule has 0 spiro atoms. The zero-order valence-corrected chi connectivity index (χ0v) is 12.4. The topological polar surface area (TPSA) is 33.2 Å².